The molecule has 0 atom stereocenters. The van der Waals surface area contributed by atoms with Crippen molar-refractivity contribution in [3.05, 3.63) is 36.4 Å². The Morgan fingerprint density at radius 2 is 2.12 bits per heavy atom. The van der Waals surface area contributed by atoms with Crippen molar-refractivity contribution in [2.75, 3.05) is 13.7 Å². The van der Waals surface area contributed by atoms with E-state index in [2.05, 4.69) is 6.58 Å². The number of methoxy groups -OCH3 is 1. The largest absolute Gasteiger partial charge is 0.497 e. The topological polar surface area (TPSA) is 38.7 Å². The van der Waals surface area contributed by atoms with Gasteiger partial charge < -0.3 is 14.6 Å². The number of allylic oxidation sites excluding steroid dienone is 1. The Morgan fingerprint density at radius 3 is 2.65 bits per heavy atom. The highest BCUT2D eigenvalue weighted by molar-refractivity contribution is 5.41. The fraction of sp³-hybridized carbons (Fsp3) is 0.429. The Kier molecular flexibility index (Phi) is 4.58. The first kappa shape index (κ1) is 13.6. The van der Waals surface area contributed by atoms with E-state index in [9.17, 15) is 5.11 Å². The van der Waals surface area contributed by atoms with Crippen molar-refractivity contribution < 1.29 is 14.6 Å². The molecule has 0 saturated heterocycles. The maximum Gasteiger partial charge on any atom is 0.123 e. The molecule has 3 heteroatoms. The van der Waals surface area contributed by atoms with Gasteiger partial charge >= 0.3 is 0 Å². The van der Waals surface area contributed by atoms with Gasteiger partial charge in [0, 0.05) is 5.56 Å². The fourth-order valence-electron chi connectivity index (χ4n) is 1.39. The maximum atomic E-state index is 9.63. The quantitative estimate of drug-likeness (QED) is 0.771. The zero-order chi connectivity index (χ0) is 12.9. The monoisotopic (exact) mass is 236 g/mol. The van der Waals surface area contributed by atoms with Crippen LogP contribution in [0.1, 0.15) is 19.4 Å². The van der Waals surface area contributed by atoms with E-state index in [1.165, 1.54) is 0 Å². The Labute approximate surface area is 103 Å². The van der Waals surface area contributed by atoms with Crippen LogP contribution in [0.3, 0.4) is 0 Å². The summed E-state index contributed by atoms with van der Waals surface area (Å²) in [7, 11) is 1.63. The molecule has 1 N–H and O–H groups in total. The van der Waals surface area contributed by atoms with Crippen molar-refractivity contribution in [1.82, 2.24) is 0 Å². The summed E-state index contributed by atoms with van der Waals surface area (Å²) < 4.78 is 10.8. The molecule has 0 aliphatic carbocycles. The molecule has 1 rings (SSSR count). The van der Waals surface area contributed by atoms with E-state index in [-0.39, 0.29) is 6.61 Å². The summed E-state index contributed by atoms with van der Waals surface area (Å²) in [6.45, 7) is 7.39. The van der Waals surface area contributed by atoms with Crippen LogP contribution < -0.4 is 9.47 Å². The number of ether oxygens (including phenoxy) is 2. The predicted octanol–water partition coefficient (Wildman–Crippen LogP) is 2.57. The average Bonchev–Trinajstić information content (AvgIpc) is 2.26. The van der Waals surface area contributed by atoms with Crippen LogP contribution in [0.4, 0.5) is 0 Å². The lowest BCUT2D eigenvalue weighted by atomic mass is 10.1. The van der Waals surface area contributed by atoms with E-state index in [1.807, 2.05) is 24.3 Å². The SMILES string of the molecule is C=CCc1cc(OC)ccc1OCC(C)(C)O. The summed E-state index contributed by atoms with van der Waals surface area (Å²) in [5.74, 6) is 1.55. The third-order valence-corrected chi connectivity index (χ3v) is 2.21. The van der Waals surface area contributed by atoms with Gasteiger partial charge in [0.15, 0.2) is 0 Å². The van der Waals surface area contributed by atoms with Gasteiger partial charge in [0.1, 0.15) is 18.1 Å². The molecular formula is C14H20O3. The van der Waals surface area contributed by atoms with Crippen molar-refractivity contribution in [1.29, 1.82) is 0 Å². The van der Waals surface area contributed by atoms with Crippen LogP contribution in [0.15, 0.2) is 30.9 Å². The van der Waals surface area contributed by atoms with Crippen molar-refractivity contribution in [2.24, 2.45) is 0 Å². The molecule has 0 heterocycles. The lowest BCUT2D eigenvalue weighted by Gasteiger charge is -2.19. The molecule has 17 heavy (non-hydrogen) atoms. The van der Waals surface area contributed by atoms with Crippen molar-refractivity contribution in [3.63, 3.8) is 0 Å². The highest BCUT2D eigenvalue weighted by atomic mass is 16.5. The summed E-state index contributed by atoms with van der Waals surface area (Å²) in [4.78, 5) is 0. The van der Waals surface area contributed by atoms with Crippen LogP contribution in [0.5, 0.6) is 11.5 Å². The third kappa shape index (κ3) is 4.49. The van der Waals surface area contributed by atoms with Gasteiger partial charge in [-0.3, -0.25) is 0 Å². The molecule has 0 saturated carbocycles. The minimum absolute atomic E-state index is 0.253. The minimum atomic E-state index is -0.842. The van der Waals surface area contributed by atoms with Crippen LogP contribution >= 0.6 is 0 Å². The number of benzene rings is 1. The van der Waals surface area contributed by atoms with Crippen molar-refractivity contribution >= 4 is 0 Å². The Hall–Kier alpha value is -1.48. The number of hydrogen-bond acceptors (Lipinski definition) is 3. The predicted molar refractivity (Wildman–Crippen MR) is 68.7 cm³/mol. The van der Waals surface area contributed by atoms with E-state index >= 15 is 0 Å². The molecule has 0 spiro atoms. The van der Waals surface area contributed by atoms with Gasteiger partial charge in [0.2, 0.25) is 0 Å². The normalized spacial score (nSPS) is 11.1. The van der Waals surface area contributed by atoms with E-state index in [1.54, 1.807) is 21.0 Å². The van der Waals surface area contributed by atoms with E-state index in [0.29, 0.717) is 6.42 Å². The van der Waals surface area contributed by atoms with Crippen LogP contribution in [-0.2, 0) is 6.42 Å². The Balaban J connectivity index is 2.86. The summed E-state index contributed by atoms with van der Waals surface area (Å²) in [6.07, 6.45) is 2.52. The molecule has 0 amide bonds. The Bertz CT molecular complexity index is 378. The van der Waals surface area contributed by atoms with E-state index < -0.39 is 5.60 Å². The molecular weight excluding hydrogens is 216 g/mol. The van der Waals surface area contributed by atoms with Crippen molar-refractivity contribution in [2.45, 2.75) is 25.9 Å². The second-order valence-electron chi connectivity index (χ2n) is 4.57. The third-order valence-electron chi connectivity index (χ3n) is 2.21. The molecule has 0 radical (unpaired) electrons. The van der Waals surface area contributed by atoms with Gasteiger partial charge in [0.05, 0.1) is 12.7 Å². The molecule has 0 bridgehead atoms. The lowest BCUT2D eigenvalue weighted by molar-refractivity contribution is 0.0282. The first-order valence-corrected chi connectivity index (χ1v) is 5.59. The molecule has 0 aliphatic rings. The van der Waals surface area contributed by atoms with Gasteiger partial charge in [-0.2, -0.15) is 0 Å². The van der Waals surface area contributed by atoms with Crippen molar-refractivity contribution in [3.8, 4) is 11.5 Å². The standard InChI is InChI=1S/C14H20O3/c1-5-6-11-9-12(16-4)7-8-13(11)17-10-14(2,3)15/h5,7-9,15H,1,6,10H2,2-4H3. The van der Waals surface area contributed by atoms with E-state index in [4.69, 9.17) is 9.47 Å². The average molecular weight is 236 g/mol. The zero-order valence-electron chi connectivity index (χ0n) is 10.7. The summed E-state index contributed by atoms with van der Waals surface area (Å²) in [6, 6.07) is 5.61. The minimum Gasteiger partial charge on any atom is -0.497 e. The van der Waals surface area contributed by atoms with Gasteiger partial charge in [-0.15, -0.1) is 6.58 Å². The molecule has 94 valence electrons. The number of rotatable bonds is 6. The fourth-order valence-corrected chi connectivity index (χ4v) is 1.39. The second kappa shape index (κ2) is 5.73. The first-order valence-electron chi connectivity index (χ1n) is 5.59. The highest BCUT2D eigenvalue weighted by Crippen LogP contribution is 2.25. The number of hydrogen-bond donors (Lipinski definition) is 1. The molecule has 1 aromatic rings. The van der Waals surface area contributed by atoms with Crippen LogP contribution in [0.2, 0.25) is 0 Å². The molecule has 0 aliphatic heterocycles. The van der Waals surface area contributed by atoms with Crippen LogP contribution in [0, 0.1) is 0 Å². The number of aliphatic hydroxyl groups is 1. The lowest BCUT2D eigenvalue weighted by Crippen LogP contribution is -2.28. The van der Waals surface area contributed by atoms with Gasteiger partial charge in [-0.25, -0.2) is 0 Å². The second-order valence-corrected chi connectivity index (χ2v) is 4.57. The summed E-state index contributed by atoms with van der Waals surface area (Å²) in [5, 5.41) is 9.63. The molecule has 0 unspecified atom stereocenters. The zero-order valence-corrected chi connectivity index (χ0v) is 10.7. The van der Waals surface area contributed by atoms with E-state index in [0.717, 1.165) is 17.1 Å². The summed E-state index contributed by atoms with van der Waals surface area (Å²) >= 11 is 0. The van der Waals surface area contributed by atoms with Crippen LogP contribution in [-0.4, -0.2) is 24.4 Å². The molecule has 3 nitrogen and oxygen atoms in total. The van der Waals surface area contributed by atoms with Gasteiger partial charge in [0.25, 0.3) is 0 Å². The van der Waals surface area contributed by atoms with Crippen LogP contribution in [0.25, 0.3) is 0 Å². The molecule has 1 aromatic carbocycles. The Morgan fingerprint density at radius 1 is 1.41 bits per heavy atom. The first-order chi connectivity index (χ1) is 7.96. The smallest absolute Gasteiger partial charge is 0.123 e. The molecule has 0 fully saturated rings. The van der Waals surface area contributed by atoms with Gasteiger partial charge in [-0.1, -0.05) is 6.08 Å². The summed E-state index contributed by atoms with van der Waals surface area (Å²) in [5.41, 5.74) is 0.161. The highest BCUT2D eigenvalue weighted by Gasteiger charge is 2.14. The molecule has 0 aromatic heterocycles. The van der Waals surface area contributed by atoms with Gasteiger partial charge in [-0.05, 0) is 38.5 Å². The maximum absolute atomic E-state index is 9.63.